The predicted molar refractivity (Wildman–Crippen MR) is 64.1 cm³/mol. The van der Waals surface area contributed by atoms with Crippen LogP contribution in [-0.4, -0.2) is 53.6 Å². The fraction of sp³-hybridized carbons (Fsp3) is 0.545. The Bertz CT molecular complexity index is 471. The molecule has 0 radical (unpaired) electrons. The van der Waals surface area contributed by atoms with Crippen LogP contribution in [0.15, 0.2) is 10.6 Å². The maximum Gasteiger partial charge on any atom is 0.323 e. The first-order valence-corrected chi connectivity index (χ1v) is 5.71. The molecule has 2 heterocycles. The summed E-state index contributed by atoms with van der Waals surface area (Å²) in [7, 11) is 3.33. The fourth-order valence-electron chi connectivity index (χ4n) is 1.93. The van der Waals surface area contributed by atoms with Gasteiger partial charge in [0.15, 0.2) is 5.82 Å². The van der Waals surface area contributed by atoms with Crippen LogP contribution >= 0.6 is 0 Å². The van der Waals surface area contributed by atoms with E-state index in [0.717, 1.165) is 0 Å². The molecule has 0 aliphatic carbocycles. The summed E-state index contributed by atoms with van der Waals surface area (Å²) < 4.78 is 4.85. The monoisotopic (exact) mass is 252 g/mol. The quantitative estimate of drug-likeness (QED) is 0.839. The van der Waals surface area contributed by atoms with Gasteiger partial charge in [-0.15, -0.1) is 0 Å². The SMILES string of the molecule is Cc1cc(NC(=O)N(C)C2CCN(C)C2=O)no1. The number of hydrogen-bond acceptors (Lipinski definition) is 4. The van der Waals surface area contributed by atoms with Crippen LogP contribution in [0.2, 0.25) is 0 Å². The molecule has 1 aromatic rings. The highest BCUT2D eigenvalue weighted by Gasteiger charge is 2.34. The molecule has 0 bridgehead atoms. The summed E-state index contributed by atoms with van der Waals surface area (Å²) in [5.41, 5.74) is 0. The van der Waals surface area contributed by atoms with Crippen molar-refractivity contribution in [3.63, 3.8) is 0 Å². The van der Waals surface area contributed by atoms with Gasteiger partial charge in [-0.3, -0.25) is 10.1 Å². The van der Waals surface area contributed by atoms with E-state index in [0.29, 0.717) is 24.5 Å². The minimum absolute atomic E-state index is 0.0380. The Labute approximate surface area is 105 Å². The van der Waals surface area contributed by atoms with Crippen LogP contribution in [0.3, 0.4) is 0 Å². The molecule has 1 aliphatic rings. The van der Waals surface area contributed by atoms with Crippen LogP contribution in [0, 0.1) is 6.92 Å². The van der Waals surface area contributed by atoms with Crippen molar-refractivity contribution in [2.75, 3.05) is 26.0 Å². The van der Waals surface area contributed by atoms with Gasteiger partial charge < -0.3 is 14.3 Å². The van der Waals surface area contributed by atoms with Gasteiger partial charge in [-0.25, -0.2) is 4.79 Å². The van der Waals surface area contributed by atoms with Gasteiger partial charge in [-0.1, -0.05) is 5.16 Å². The van der Waals surface area contributed by atoms with E-state index in [4.69, 9.17) is 4.52 Å². The van der Waals surface area contributed by atoms with Crippen LogP contribution in [0.25, 0.3) is 0 Å². The maximum absolute atomic E-state index is 11.9. The topological polar surface area (TPSA) is 78.7 Å². The second-order valence-electron chi connectivity index (χ2n) is 4.43. The molecule has 1 N–H and O–H groups in total. The van der Waals surface area contributed by atoms with Crippen molar-refractivity contribution in [2.24, 2.45) is 0 Å². The van der Waals surface area contributed by atoms with Gasteiger partial charge in [0.2, 0.25) is 5.91 Å². The Kier molecular flexibility index (Phi) is 3.22. The van der Waals surface area contributed by atoms with E-state index >= 15 is 0 Å². The molecule has 0 spiro atoms. The van der Waals surface area contributed by atoms with Gasteiger partial charge in [0, 0.05) is 26.7 Å². The molecule has 0 saturated carbocycles. The molecule has 7 heteroatoms. The van der Waals surface area contributed by atoms with Gasteiger partial charge in [-0.05, 0) is 13.3 Å². The molecular weight excluding hydrogens is 236 g/mol. The second-order valence-corrected chi connectivity index (χ2v) is 4.43. The number of rotatable bonds is 2. The van der Waals surface area contributed by atoms with Crippen molar-refractivity contribution < 1.29 is 14.1 Å². The summed E-state index contributed by atoms with van der Waals surface area (Å²) in [4.78, 5) is 26.7. The number of amides is 3. The third kappa shape index (κ3) is 2.29. The molecule has 1 unspecified atom stereocenters. The number of hydrogen-bond donors (Lipinski definition) is 1. The highest BCUT2D eigenvalue weighted by atomic mass is 16.5. The number of nitrogens with zero attached hydrogens (tertiary/aromatic N) is 3. The van der Waals surface area contributed by atoms with E-state index in [-0.39, 0.29) is 11.9 Å². The maximum atomic E-state index is 11.9. The van der Waals surface area contributed by atoms with E-state index in [2.05, 4.69) is 10.5 Å². The van der Waals surface area contributed by atoms with Gasteiger partial charge in [0.25, 0.3) is 0 Å². The number of urea groups is 1. The zero-order valence-electron chi connectivity index (χ0n) is 10.6. The molecule has 7 nitrogen and oxygen atoms in total. The summed E-state index contributed by atoms with van der Waals surface area (Å²) in [6.45, 7) is 2.41. The van der Waals surface area contributed by atoms with Gasteiger partial charge >= 0.3 is 6.03 Å². The van der Waals surface area contributed by atoms with E-state index in [9.17, 15) is 9.59 Å². The summed E-state index contributed by atoms with van der Waals surface area (Å²) >= 11 is 0. The van der Waals surface area contributed by atoms with Crippen LogP contribution in [-0.2, 0) is 4.79 Å². The zero-order valence-corrected chi connectivity index (χ0v) is 10.6. The largest absolute Gasteiger partial charge is 0.360 e. The number of carbonyl (C=O) groups is 2. The average Bonchev–Trinajstić information content (AvgIpc) is 2.87. The first-order chi connectivity index (χ1) is 8.49. The molecule has 18 heavy (non-hydrogen) atoms. The Morgan fingerprint density at radius 3 is 2.89 bits per heavy atom. The van der Waals surface area contributed by atoms with Crippen molar-refractivity contribution >= 4 is 17.8 Å². The van der Waals surface area contributed by atoms with E-state index < -0.39 is 6.04 Å². The lowest BCUT2D eigenvalue weighted by atomic mass is 10.2. The Morgan fingerprint density at radius 1 is 1.67 bits per heavy atom. The van der Waals surface area contributed by atoms with E-state index in [1.165, 1.54) is 4.90 Å². The lowest BCUT2D eigenvalue weighted by molar-refractivity contribution is -0.129. The van der Waals surface area contributed by atoms with E-state index in [1.54, 1.807) is 32.0 Å². The number of carbonyl (C=O) groups excluding carboxylic acids is 2. The number of nitrogens with one attached hydrogen (secondary N) is 1. The molecular formula is C11H16N4O3. The van der Waals surface area contributed by atoms with Gasteiger partial charge in [0.05, 0.1) is 0 Å². The number of anilines is 1. The molecule has 1 aromatic heterocycles. The first-order valence-electron chi connectivity index (χ1n) is 5.71. The Hall–Kier alpha value is -2.05. The van der Waals surface area contributed by atoms with Crippen molar-refractivity contribution in [2.45, 2.75) is 19.4 Å². The Morgan fingerprint density at radius 2 is 2.39 bits per heavy atom. The average molecular weight is 252 g/mol. The van der Waals surface area contributed by atoms with Crippen LogP contribution < -0.4 is 5.32 Å². The minimum Gasteiger partial charge on any atom is -0.360 e. The normalized spacial score (nSPS) is 19.2. The van der Waals surface area contributed by atoms with E-state index in [1.807, 2.05) is 0 Å². The molecule has 0 aromatic carbocycles. The number of aryl methyl sites for hydroxylation is 1. The number of likely N-dealkylation sites (tertiary alicyclic amines) is 1. The molecule has 1 aliphatic heterocycles. The van der Waals surface area contributed by atoms with Crippen molar-refractivity contribution in [3.8, 4) is 0 Å². The third-order valence-corrected chi connectivity index (χ3v) is 3.05. The molecule has 3 amide bonds. The molecule has 98 valence electrons. The van der Waals surface area contributed by atoms with Crippen LogP contribution in [0.1, 0.15) is 12.2 Å². The van der Waals surface area contributed by atoms with Crippen molar-refractivity contribution in [1.82, 2.24) is 15.0 Å². The molecule has 1 fully saturated rings. The van der Waals surface area contributed by atoms with Crippen LogP contribution in [0.4, 0.5) is 10.6 Å². The van der Waals surface area contributed by atoms with Crippen molar-refractivity contribution in [3.05, 3.63) is 11.8 Å². The lowest BCUT2D eigenvalue weighted by Gasteiger charge is -2.22. The first kappa shape index (κ1) is 12.4. The highest BCUT2D eigenvalue weighted by molar-refractivity contribution is 5.93. The summed E-state index contributed by atoms with van der Waals surface area (Å²) in [6, 6.07) is 0.855. The summed E-state index contributed by atoms with van der Waals surface area (Å²) in [5.74, 6) is 0.928. The summed E-state index contributed by atoms with van der Waals surface area (Å²) in [5, 5.41) is 6.26. The second kappa shape index (κ2) is 4.67. The molecule has 2 rings (SSSR count). The smallest absolute Gasteiger partial charge is 0.323 e. The van der Waals surface area contributed by atoms with Crippen molar-refractivity contribution in [1.29, 1.82) is 0 Å². The molecule has 1 atom stereocenters. The lowest BCUT2D eigenvalue weighted by Crippen LogP contribution is -2.44. The van der Waals surface area contributed by atoms with Gasteiger partial charge in [0.1, 0.15) is 11.8 Å². The third-order valence-electron chi connectivity index (χ3n) is 3.05. The zero-order chi connectivity index (χ0) is 13.3. The fourth-order valence-corrected chi connectivity index (χ4v) is 1.93. The Balaban J connectivity index is 1.99. The number of likely N-dealkylation sites (N-methyl/N-ethyl adjacent to an activating group) is 2. The highest BCUT2D eigenvalue weighted by Crippen LogP contribution is 2.16. The summed E-state index contributed by atoms with van der Waals surface area (Å²) in [6.07, 6.45) is 0.650. The minimum atomic E-state index is -0.400. The van der Waals surface area contributed by atoms with Gasteiger partial charge in [-0.2, -0.15) is 0 Å². The standard InChI is InChI=1S/C11H16N4O3/c1-7-6-9(13-18-7)12-11(17)15(3)8-4-5-14(2)10(8)16/h6,8H,4-5H2,1-3H3,(H,12,13,17). The van der Waals surface area contributed by atoms with Crippen LogP contribution in [0.5, 0.6) is 0 Å². The molecule has 1 saturated heterocycles. The predicted octanol–water partition coefficient (Wildman–Crippen LogP) is 0.677. The number of aromatic nitrogens is 1.